The number of carbonyl (C=O) groups excluding carboxylic acids is 3. The Morgan fingerprint density at radius 2 is 1.74 bits per heavy atom. The van der Waals surface area contributed by atoms with Gasteiger partial charge in [-0.15, -0.1) is 0 Å². The highest BCUT2D eigenvalue weighted by Crippen LogP contribution is 2.64. The highest BCUT2D eigenvalue weighted by atomic mass is 16.6. The minimum atomic E-state index is -2.07. The number of benzene rings is 1. The van der Waals surface area contributed by atoms with Gasteiger partial charge in [0.05, 0.1) is 35.4 Å². The molecule has 0 aromatic heterocycles. The van der Waals surface area contributed by atoms with Gasteiger partial charge in [0.25, 0.3) is 0 Å². The van der Waals surface area contributed by atoms with Crippen LogP contribution in [0.2, 0.25) is 0 Å². The second-order valence-corrected chi connectivity index (χ2v) is 12.3. The minimum absolute atomic E-state index is 0.0787. The molecular formula is C29H36O10. The summed E-state index contributed by atoms with van der Waals surface area (Å²) in [5, 5.41) is 46.7. The minimum Gasteiger partial charge on any atom is -0.512 e. The summed E-state index contributed by atoms with van der Waals surface area (Å²) < 4.78 is 17.7. The molecule has 3 aliphatic carbocycles. The highest BCUT2D eigenvalue weighted by Gasteiger charge is 2.78. The Balaban J connectivity index is 1.81. The second kappa shape index (κ2) is 8.86. The normalized spacial score (nSPS) is 42.7. The largest absolute Gasteiger partial charge is 0.512 e. The molecule has 5 rings (SSSR count). The van der Waals surface area contributed by atoms with E-state index in [-0.39, 0.29) is 30.8 Å². The molecule has 10 heteroatoms. The molecule has 1 heterocycles. The van der Waals surface area contributed by atoms with E-state index in [9.17, 15) is 34.8 Å². The number of hydrogen-bond donors (Lipinski definition) is 4. The van der Waals surface area contributed by atoms with Gasteiger partial charge in [0.1, 0.15) is 23.9 Å². The lowest BCUT2D eigenvalue weighted by atomic mass is 9.43. The average molecular weight is 545 g/mol. The fourth-order valence-corrected chi connectivity index (χ4v) is 7.78. The van der Waals surface area contributed by atoms with Crippen molar-refractivity contribution in [2.24, 2.45) is 22.7 Å². The maximum atomic E-state index is 14.3. The van der Waals surface area contributed by atoms with Crippen molar-refractivity contribution in [1.29, 1.82) is 0 Å². The zero-order chi connectivity index (χ0) is 28.7. The molecule has 3 unspecified atom stereocenters. The van der Waals surface area contributed by atoms with Gasteiger partial charge in [0.15, 0.2) is 11.4 Å². The summed E-state index contributed by atoms with van der Waals surface area (Å²) in [5.74, 6) is -4.88. The third-order valence-electron chi connectivity index (χ3n) is 10.1. The van der Waals surface area contributed by atoms with Gasteiger partial charge in [0, 0.05) is 31.1 Å². The number of aliphatic hydroxyl groups excluding tert-OH is 3. The van der Waals surface area contributed by atoms with Crippen LogP contribution in [0.1, 0.15) is 57.8 Å². The Labute approximate surface area is 226 Å². The number of carbonyl (C=O) groups is 3. The number of ether oxygens (including phenoxy) is 3. The molecule has 1 aromatic carbocycles. The van der Waals surface area contributed by atoms with Crippen LogP contribution in [0.25, 0.3) is 0 Å². The Bertz CT molecular complexity index is 1240. The summed E-state index contributed by atoms with van der Waals surface area (Å²) in [6.07, 6.45) is -5.98. The Morgan fingerprint density at radius 1 is 1.10 bits per heavy atom. The van der Waals surface area contributed by atoms with Crippen molar-refractivity contribution in [3.8, 4) is 0 Å². The number of fused-ring (bicyclic) bond motifs is 5. The maximum absolute atomic E-state index is 14.3. The Kier molecular flexibility index (Phi) is 6.31. The molecule has 10 nitrogen and oxygen atoms in total. The van der Waals surface area contributed by atoms with Crippen molar-refractivity contribution in [1.82, 2.24) is 0 Å². The number of rotatable bonds is 3. The molecule has 1 saturated heterocycles. The van der Waals surface area contributed by atoms with Gasteiger partial charge < -0.3 is 34.6 Å². The van der Waals surface area contributed by atoms with Crippen LogP contribution in [-0.4, -0.2) is 80.4 Å². The number of ketones is 1. The molecule has 1 aromatic rings. The molecule has 0 amide bonds. The van der Waals surface area contributed by atoms with Crippen molar-refractivity contribution in [3.05, 3.63) is 47.2 Å². The van der Waals surface area contributed by atoms with Crippen LogP contribution < -0.4 is 0 Å². The van der Waals surface area contributed by atoms with Crippen LogP contribution in [0.5, 0.6) is 0 Å². The van der Waals surface area contributed by atoms with Gasteiger partial charge in [0.2, 0.25) is 0 Å². The van der Waals surface area contributed by atoms with Crippen molar-refractivity contribution >= 4 is 17.7 Å². The smallest absolute Gasteiger partial charge is 0.338 e. The molecule has 212 valence electrons. The summed E-state index contributed by atoms with van der Waals surface area (Å²) in [4.78, 5) is 40.3. The predicted molar refractivity (Wildman–Crippen MR) is 135 cm³/mol. The van der Waals surface area contributed by atoms with Crippen molar-refractivity contribution in [2.75, 3.05) is 6.61 Å². The second-order valence-electron chi connectivity index (χ2n) is 12.3. The molecule has 9 atom stereocenters. The quantitative estimate of drug-likeness (QED) is 0.414. The van der Waals surface area contributed by atoms with Crippen LogP contribution in [-0.2, 0) is 23.8 Å². The van der Waals surface area contributed by atoms with E-state index >= 15 is 0 Å². The van der Waals surface area contributed by atoms with Gasteiger partial charge in [-0.2, -0.15) is 0 Å². The van der Waals surface area contributed by atoms with Gasteiger partial charge in [-0.25, -0.2) is 4.79 Å². The number of Topliss-reactive ketones (excluding diaryl/α,β-unsaturated/α-hetero) is 1. The van der Waals surface area contributed by atoms with Crippen molar-refractivity contribution < 1.29 is 49.0 Å². The van der Waals surface area contributed by atoms with E-state index in [1.54, 1.807) is 39.0 Å². The van der Waals surface area contributed by atoms with Gasteiger partial charge in [-0.1, -0.05) is 32.0 Å². The van der Waals surface area contributed by atoms with Crippen LogP contribution in [0, 0.1) is 22.7 Å². The topological polar surface area (TPSA) is 160 Å². The SMILES string of the molecule is CC(=O)O[C@@]12COC1CC(O)[C@@]1(C)C(=O)[C@H](O)[C@@H]3C(C)=C(O)C[C@@](O)([C@@H](OC(=O)c4ccccc4)C21)C3(C)C. The lowest BCUT2D eigenvalue weighted by Crippen LogP contribution is -2.82. The first-order chi connectivity index (χ1) is 18.1. The summed E-state index contributed by atoms with van der Waals surface area (Å²) in [7, 11) is 0. The van der Waals surface area contributed by atoms with Crippen LogP contribution >= 0.6 is 0 Å². The van der Waals surface area contributed by atoms with E-state index in [1.807, 2.05) is 0 Å². The van der Waals surface area contributed by atoms with E-state index in [1.165, 1.54) is 26.0 Å². The summed E-state index contributed by atoms with van der Waals surface area (Å²) in [6.45, 7) is 7.34. The molecule has 39 heavy (non-hydrogen) atoms. The summed E-state index contributed by atoms with van der Waals surface area (Å²) in [5.41, 5.74) is -6.28. The molecule has 2 saturated carbocycles. The molecule has 4 aliphatic rings. The lowest BCUT2D eigenvalue weighted by molar-refractivity contribution is -0.349. The van der Waals surface area contributed by atoms with Gasteiger partial charge >= 0.3 is 11.9 Å². The highest BCUT2D eigenvalue weighted by molar-refractivity contribution is 5.92. The van der Waals surface area contributed by atoms with Gasteiger partial charge in [-0.3, -0.25) is 9.59 Å². The third-order valence-corrected chi connectivity index (χ3v) is 10.1. The van der Waals surface area contributed by atoms with E-state index in [2.05, 4.69) is 0 Å². The molecule has 0 spiro atoms. The maximum Gasteiger partial charge on any atom is 0.338 e. The molecule has 2 bridgehead atoms. The van der Waals surface area contributed by atoms with Crippen LogP contribution in [0.15, 0.2) is 41.7 Å². The number of hydrogen-bond acceptors (Lipinski definition) is 10. The third kappa shape index (κ3) is 3.58. The first-order valence-corrected chi connectivity index (χ1v) is 13.2. The summed E-state index contributed by atoms with van der Waals surface area (Å²) >= 11 is 0. The fourth-order valence-electron chi connectivity index (χ4n) is 7.78. The van der Waals surface area contributed by atoms with E-state index < -0.39 is 76.0 Å². The summed E-state index contributed by atoms with van der Waals surface area (Å²) in [6, 6.07) is 8.08. The average Bonchev–Trinajstić information content (AvgIpc) is 2.87. The lowest BCUT2D eigenvalue weighted by Gasteiger charge is -2.67. The number of esters is 2. The first kappa shape index (κ1) is 27.8. The van der Waals surface area contributed by atoms with E-state index in [4.69, 9.17) is 14.2 Å². The van der Waals surface area contributed by atoms with E-state index in [0.29, 0.717) is 5.57 Å². The zero-order valence-electron chi connectivity index (χ0n) is 22.7. The Morgan fingerprint density at radius 3 is 2.31 bits per heavy atom. The molecule has 1 aliphatic heterocycles. The van der Waals surface area contributed by atoms with Crippen molar-refractivity contribution in [3.63, 3.8) is 0 Å². The van der Waals surface area contributed by atoms with Crippen molar-refractivity contribution in [2.45, 2.75) is 83.1 Å². The molecule has 3 fully saturated rings. The Hall–Kier alpha value is -2.79. The van der Waals surface area contributed by atoms with Crippen LogP contribution in [0.3, 0.4) is 0 Å². The monoisotopic (exact) mass is 544 g/mol. The molecule has 4 N–H and O–H groups in total. The van der Waals surface area contributed by atoms with Crippen LogP contribution in [0.4, 0.5) is 0 Å². The molecular weight excluding hydrogens is 508 g/mol. The number of aliphatic hydroxyl groups is 4. The van der Waals surface area contributed by atoms with Gasteiger partial charge in [-0.05, 0) is 31.6 Å². The van der Waals surface area contributed by atoms with E-state index in [0.717, 1.165) is 0 Å². The standard InChI is InChI=1S/C29H36O10/c1-14-17(31)12-29(36)24(38-25(35)16-9-7-6-8-10-16)22-27(5,23(34)21(33)20(14)26(29,3)4)18(32)11-19-28(22,13-37-19)39-15(2)30/h6-10,18-22,24,31-33,36H,11-13H2,1-5H3/t18?,19?,20-,21+,22?,24-,27+,28-,29+/m0/s1. The zero-order valence-corrected chi connectivity index (χ0v) is 22.7. The molecule has 0 radical (unpaired) electrons. The fraction of sp³-hybridized carbons (Fsp3) is 0.621. The predicted octanol–water partition coefficient (Wildman–Crippen LogP) is 1.85. The first-order valence-electron chi connectivity index (χ1n) is 13.2.